The van der Waals surface area contributed by atoms with Gasteiger partial charge in [0.25, 0.3) is 0 Å². The van der Waals surface area contributed by atoms with Crippen molar-refractivity contribution < 1.29 is 13.2 Å². The highest BCUT2D eigenvalue weighted by Crippen LogP contribution is 2.34. The van der Waals surface area contributed by atoms with Crippen LogP contribution in [0.4, 0.5) is 19.0 Å². The van der Waals surface area contributed by atoms with Crippen LogP contribution in [0.2, 0.25) is 0 Å². The lowest BCUT2D eigenvalue weighted by atomic mass is 10.0. The zero-order valence-electron chi connectivity index (χ0n) is 10.7. The smallest absolute Gasteiger partial charge is 0.385 e. The molecule has 0 fully saturated rings. The summed E-state index contributed by atoms with van der Waals surface area (Å²) in [4.78, 5) is 0. The Hall–Kier alpha value is -1.91. The summed E-state index contributed by atoms with van der Waals surface area (Å²) >= 11 is 0. The molecule has 0 aliphatic carbocycles. The first-order chi connectivity index (χ1) is 8.80. The normalized spacial score (nSPS) is 12.1. The standard InChI is InChI=1S/C14H15F3N2/c1-9(2)19-7-6-12(13(19)18)10-4-3-5-11(8-10)14(15,16)17/h3-9H,18H2,1-2H3. The first kappa shape index (κ1) is 13.5. The summed E-state index contributed by atoms with van der Waals surface area (Å²) in [5, 5.41) is 0. The summed E-state index contributed by atoms with van der Waals surface area (Å²) < 4.78 is 39.9. The summed E-state index contributed by atoms with van der Waals surface area (Å²) in [6.45, 7) is 3.93. The van der Waals surface area contributed by atoms with Gasteiger partial charge < -0.3 is 10.3 Å². The second-order valence-corrected chi connectivity index (χ2v) is 4.69. The largest absolute Gasteiger partial charge is 0.416 e. The zero-order chi connectivity index (χ0) is 14.2. The first-order valence-electron chi connectivity index (χ1n) is 5.94. The van der Waals surface area contributed by atoms with Gasteiger partial charge in [0.15, 0.2) is 0 Å². The minimum atomic E-state index is -4.34. The van der Waals surface area contributed by atoms with Gasteiger partial charge >= 0.3 is 6.18 Å². The van der Waals surface area contributed by atoms with E-state index in [1.807, 2.05) is 18.4 Å². The van der Waals surface area contributed by atoms with E-state index in [1.165, 1.54) is 6.07 Å². The second-order valence-electron chi connectivity index (χ2n) is 4.69. The van der Waals surface area contributed by atoms with Crippen LogP contribution in [-0.4, -0.2) is 4.57 Å². The summed E-state index contributed by atoms with van der Waals surface area (Å²) in [5.41, 5.74) is 6.42. The van der Waals surface area contributed by atoms with E-state index in [9.17, 15) is 13.2 Å². The van der Waals surface area contributed by atoms with E-state index in [0.717, 1.165) is 12.1 Å². The third-order valence-corrected chi connectivity index (χ3v) is 3.01. The van der Waals surface area contributed by atoms with E-state index in [4.69, 9.17) is 5.73 Å². The Bertz CT molecular complexity index is 583. The predicted molar refractivity (Wildman–Crippen MR) is 69.7 cm³/mol. The van der Waals surface area contributed by atoms with Crippen molar-refractivity contribution in [2.75, 3.05) is 5.73 Å². The van der Waals surface area contributed by atoms with Crippen molar-refractivity contribution in [3.8, 4) is 11.1 Å². The second kappa shape index (κ2) is 4.64. The lowest BCUT2D eigenvalue weighted by Crippen LogP contribution is -2.05. The Kier molecular flexibility index (Phi) is 3.30. The van der Waals surface area contributed by atoms with Gasteiger partial charge in [-0.3, -0.25) is 0 Å². The number of nitrogens with zero attached hydrogens (tertiary/aromatic N) is 1. The molecule has 2 nitrogen and oxygen atoms in total. The van der Waals surface area contributed by atoms with Crippen LogP contribution in [0.5, 0.6) is 0 Å². The molecule has 0 atom stereocenters. The Labute approximate surface area is 109 Å². The van der Waals surface area contributed by atoms with E-state index in [2.05, 4.69) is 0 Å². The summed E-state index contributed by atoms with van der Waals surface area (Å²) in [5.74, 6) is 0.481. The topological polar surface area (TPSA) is 30.9 Å². The number of anilines is 1. The van der Waals surface area contributed by atoms with Gasteiger partial charge in [-0.2, -0.15) is 13.2 Å². The summed E-state index contributed by atoms with van der Waals surface area (Å²) in [7, 11) is 0. The number of halogens is 3. The van der Waals surface area contributed by atoms with Crippen molar-refractivity contribution in [1.82, 2.24) is 4.57 Å². The van der Waals surface area contributed by atoms with Crippen LogP contribution in [-0.2, 0) is 6.18 Å². The van der Waals surface area contributed by atoms with Crippen molar-refractivity contribution in [2.45, 2.75) is 26.1 Å². The molecule has 102 valence electrons. The van der Waals surface area contributed by atoms with Gasteiger partial charge in [0.1, 0.15) is 5.82 Å². The third-order valence-electron chi connectivity index (χ3n) is 3.01. The van der Waals surface area contributed by atoms with E-state index in [-0.39, 0.29) is 6.04 Å². The maximum atomic E-state index is 12.7. The summed E-state index contributed by atoms with van der Waals surface area (Å²) in [6, 6.07) is 7.11. The molecule has 0 spiro atoms. The van der Waals surface area contributed by atoms with Crippen LogP contribution >= 0.6 is 0 Å². The molecular weight excluding hydrogens is 253 g/mol. The first-order valence-corrected chi connectivity index (χ1v) is 5.94. The molecule has 2 aromatic rings. The molecule has 0 saturated carbocycles. The van der Waals surface area contributed by atoms with Gasteiger partial charge in [0.2, 0.25) is 0 Å². The zero-order valence-corrected chi connectivity index (χ0v) is 10.7. The number of alkyl halides is 3. The average Bonchev–Trinajstić information content (AvgIpc) is 2.70. The van der Waals surface area contributed by atoms with E-state index in [1.54, 1.807) is 18.3 Å². The van der Waals surface area contributed by atoms with Gasteiger partial charge in [0.05, 0.1) is 5.56 Å². The molecule has 1 aromatic carbocycles. The minimum absolute atomic E-state index is 0.166. The number of hydrogen-bond acceptors (Lipinski definition) is 1. The third kappa shape index (κ3) is 2.59. The molecule has 2 rings (SSSR count). The minimum Gasteiger partial charge on any atom is -0.385 e. The molecule has 0 aliphatic heterocycles. The quantitative estimate of drug-likeness (QED) is 0.863. The molecule has 0 aliphatic rings. The SMILES string of the molecule is CC(C)n1ccc(-c2cccc(C(F)(F)F)c2)c1N. The highest BCUT2D eigenvalue weighted by molar-refractivity contribution is 5.75. The van der Waals surface area contributed by atoms with Gasteiger partial charge in [-0.05, 0) is 37.6 Å². The number of hydrogen-bond donors (Lipinski definition) is 1. The lowest BCUT2D eigenvalue weighted by molar-refractivity contribution is -0.137. The Balaban J connectivity index is 2.48. The van der Waals surface area contributed by atoms with Crippen LogP contribution in [0.1, 0.15) is 25.5 Å². The number of rotatable bonds is 2. The molecule has 19 heavy (non-hydrogen) atoms. The molecule has 5 heteroatoms. The number of nitrogens with two attached hydrogens (primary N) is 1. The van der Waals surface area contributed by atoms with E-state index >= 15 is 0 Å². The predicted octanol–water partition coefficient (Wildman–Crippen LogP) is 4.34. The van der Waals surface area contributed by atoms with Gasteiger partial charge in [-0.15, -0.1) is 0 Å². The maximum Gasteiger partial charge on any atom is 0.416 e. The Morgan fingerprint density at radius 1 is 1.16 bits per heavy atom. The van der Waals surface area contributed by atoms with Crippen LogP contribution in [0.15, 0.2) is 36.5 Å². The van der Waals surface area contributed by atoms with Crippen molar-refractivity contribution in [3.63, 3.8) is 0 Å². The molecule has 0 saturated heterocycles. The number of benzene rings is 1. The average molecular weight is 268 g/mol. The van der Waals surface area contributed by atoms with Gasteiger partial charge in [0, 0.05) is 17.8 Å². The molecular formula is C14H15F3N2. The van der Waals surface area contributed by atoms with Crippen LogP contribution < -0.4 is 5.73 Å². The van der Waals surface area contributed by atoms with Crippen molar-refractivity contribution >= 4 is 5.82 Å². The molecule has 1 heterocycles. The van der Waals surface area contributed by atoms with Crippen molar-refractivity contribution in [2.24, 2.45) is 0 Å². The highest BCUT2D eigenvalue weighted by Gasteiger charge is 2.30. The molecule has 0 amide bonds. The highest BCUT2D eigenvalue weighted by atomic mass is 19.4. The maximum absolute atomic E-state index is 12.7. The lowest BCUT2D eigenvalue weighted by Gasteiger charge is -2.12. The van der Waals surface area contributed by atoms with E-state index < -0.39 is 11.7 Å². The summed E-state index contributed by atoms with van der Waals surface area (Å²) in [6.07, 6.45) is -2.55. The fourth-order valence-electron chi connectivity index (χ4n) is 2.02. The molecule has 0 radical (unpaired) electrons. The van der Waals surface area contributed by atoms with E-state index in [0.29, 0.717) is 16.9 Å². The molecule has 1 aromatic heterocycles. The van der Waals surface area contributed by atoms with Crippen LogP contribution in [0.3, 0.4) is 0 Å². The fourth-order valence-corrected chi connectivity index (χ4v) is 2.02. The molecule has 2 N–H and O–H groups in total. The van der Waals surface area contributed by atoms with Crippen molar-refractivity contribution in [1.29, 1.82) is 0 Å². The molecule has 0 bridgehead atoms. The molecule has 0 unspecified atom stereocenters. The Morgan fingerprint density at radius 2 is 1.84 bits per heavy atom. The van der Waals surface area contributed by atoms with Gasteiger partial charge in [-0.1, -0.05) is 12.1 Å². The fraction of sp³-hybridized carbons (Fsp3) is 0.286. The van der Waals surface area contributed by atoms with Crippen LogP contribution in [0, 0.1) is 0 Å². The number of nitrogen functional groups attached to an aromatic ring is 1. The van der Waals surface area contributed by atoms with Crippen LogP contribution in [0.25, 0.3) is 11.1 Å². The van der Waals surface area contributed by atoms with Crippen molar-refractivity contribution in [3.05, 3.63) is 42.1 Å². The van der Waals surface area contributed by atoms with Gasteiger partial charge in [-0.25, -0.2) is 0 Å². The number of aromatic nitrogens is 1. The monoisotopic (exact) mass is 268 g/mol. The Morgan fingerprint density at radius 3 is 2.37 bits per heavy atom.